The number of furan rings is 1. The molecular weight excluding hydrogens is 366 g/mol. The third-order valence-electron chi connectivity index (χ3n) is 3.73. The average molecular weight is 372 g/mol. The summed E-state index contributed by atoms with van der Waals surface area (Å²) in [7, 11) is 0. The third-order valence-corrected chi connectivity index (χ3v) is 4.26. The molecule has 0 fully saturated rings. The number of hydrogen-bond donors (Lipinski definition) is 0. The number of nitrogens with zero attached hydrogens (tertiary/aromatic N) is 1. The maximum absolute atomic E-state index is 12.5. The van der Waals surface area contributed by atoms with E-state index in [4.69, 9.17) is 0 Å². The highest BCUT2D eigenvalue weighted by Crippen LogP contribution is 2.17. The summed E-state index contributed by atoms with van der Waals surface area (Å²) in [4.78, 5) is 48.3. The van der Waals surface area contributed by atoms with Gasteiger partial charge in [0.1, 0.15) is 0 Å². The lowest BCUT2D eigenvalue weighted by atomic mass is 10.1. The molecule has 2 heterocycles. The van der Waals surface area contributed by atoms with Crippen LogP contribution in [0.1, 0.15) is 0 Å². The van der Waals surface area contributed by atoms with Crippen molar-refractivity contribution in [2.75, 3.05) is 0 Å². The first kappa shape index (κ1) is 13.8. The molecule has 7 heteroatoms. The molecule has 0 saturated carbocycles. The predicted molar refractivity (Wildman–Crippen MR) is 88.2 cm³/mol. The first-order valence-corrected chi connectivity index (χ1v) is 7.35. The summed E-state index contributed by atoms with van der Waals surface area (Å²) in [6, 6.07) is 9.16. The number of halogens is 1. The van der Waals surface area contributed by atoms with E-state index in [1.165, 1.54) is 12.1 Å². The minimum Gasteiger partial charge on any atom is -0.386 e. The van der Waals surface area contributed by atoms with Gasteiger partial charge in [0.2, 0.25) is 0 Å². The molecule has 6 nitrogen and oxygen atoms in total. The van der Waals surface area contributed by atoms with Gasteiger partial charge in [-0.25, -0.2) is 14.2 Å². The van der Waals surface area contributed by atoms with Crippen LogP contribution in [0.15, 0.2) is 64.5 Å². The number of fused-ring (bicyclic) bond motifs is 2. The lowest BCUT2D eigenvalue weighted by Gasteiger charge is -1.99. The Morgan fingerprint density at radius 2 is 1.22 bits per heavy atom. The largest absolute Gasteiger partial charge is 0.386 e. The van der Waals surface area contributed by atoms with Crippen molar-refractivity contribution in [2.45, 2.75) is 0 Å². The first-order valence-electron chi connectivity index (χ1n) is 6.56. The molecule has 23 heavy (non-hydrogen) atoms. The van der Waals surface area contributed by atoms with Gasteiger partial charge in [-0.1, -0.05) is 15.9 Å². The van der Waals surface area contributed by atoms with Gasteiger partial charge >= 0.3 is 11.3 Å². The Bertz CT molecular complexity index is 1210. The van der Waals surface area contributed by atoms with E-state index in [1.807, 2.05) is 0 Å². The molecule has 0 spiro atoms. The van der Waals surface area contributed by atoms with E-state index in [2.05, 4.69) is 20.3 Å². The molecule has 112 valence electrons. The van der Waals surface area contributed by atoms with E-state index in [1.54, 1.807) is 24.3 Å². The number of hydrogen-bond acceptors (Lipinski definition) is 5. The maximum Gasteiger partial charge on any atom is 0.346 e. The van der Waals surface area contributed by atoms with Gasteiger partial charge in [0.25, 0.3) is 11.1 Å². The smallest absolute Gasteiger partial charge is 0.346 e. The van der Waals surface area contributed by atoms with Crippen LogP contribution in [-0.2, 0) is 0 Å². The molecule has 0 atom stereocenters. The Hall–Kier alpha value is -2.80. The van der Waals surface area contributed by atoms with E-state index >= 15 is 0 Å². The Morgan fingerprint density at radius 3 is 1.70 bits per heavy atom. The van der Waals surface area contributed by atoms with Gasteiger partial charge in [-0.15, -0.1) is 0 Å². The molecular formula is C16H6BrNO5. The Morgan fingerprint density at radius 1 is 0.739 bits per heavy atom. The van der Waals surface area contributed by atoms with Crippen molar-refractivity contribution in [3.05, 3.63) is 82.4 Å². The van der Waals surface area contributed by atoms with Gasteiger partial charge in [0.15, 0.2) is 0 Å². The number of rotatable bonds is 1. The summed E-state index contributed by atoms with van der Waals surface area (Å²) >= 11 is 3.28. The van der Waals surface area contributed by atoms with Gasteiger partial charge in [-0.2, -0.15) is 0 Å². The van der Waals surface area contributed by atoms with Crippen LogP contribution in [0, 0.1) is 0 Å². The summed E-state index contributed by atoms with van der Waals surface area (Å²) in [5.74, 6) is 0. The summed E-state index contributed by atoms with van der Waals surface area (Å²) in [5, 5.41) is 0.187. The zero-order valence-corrected chi connectivity index (χ0v) is 12.9. The van der Waals surface area contributed by atoms with Crippen molar-refractivity contribution in [1.82, 2.24) is 4.57 Å². The van der Waals surface area contributed by atoms with Crippen LogP contribution in [0.25, 0.3) is 27.2 Å². The van der Waals surface area contributed by atoms with Crippen molar-refractivity contribution in [2.24, 2.45) is 0 Å². The van der Waals surface area contributed by atoms with Crippen LogP contribution in [0.4, 0.5) is 0 Å². The standard InChI is InChI=1S/C16H6BrNO5/c17-7-1-3-8(4-2-7)18-13(19)9-5-11-12(6-10(9)14(18)20)16(22)23-15(11)21/h1-6H. The zero-order valence-electron chi connectivity index (χ0n) is 11.3. The fourth-order valence-corrected chi connectivity index (χ4v) is 2.91. The minimum atomic E-state index is -0.810. The molecule has 4 aromatic rings. The lowest BCUT2D eigenvalue weighted by Crippen LogP contribution is -2.23. The average Bonchev–Trinajstić information content (AvgIpc) is 2.94. The molecule has 4 rings (SSSR count). The van der Waals surface area contributed by atoms with E-state index in [0.717, 1.165) is 9.04 Å². The maximum atomic E-state index is 12.5. The molecule has 0 N–H and O–H groups in total. The predicted octanol–water partition coefficient (Wildman–Crippen LogP) is 1.46. The number of benzene rings is 2. The fourth-order valence-electron chi connectivity index (χ4n) is 2.64. The summed E-state index contributed by atoms with van der Waals surface area (Å²) < 4.78 is 6.31. The molecule has 0 saturated heterocycles. The molecule has 0 aliphatic rings. The number of aromatic nitrogens is 1. The van der Waals surface area contributed by atoms with Crippen LogP contribution >= 0.6 is 15.9 Å². The van der Waals surface area contributed by atoms with Gasteiger partial charge in [0, 0.05) is 4.47 Å². The molecule has 0 aliphatic heterocycles. The van der Waals surface area contributed by atoms with Crippen molar-refractivity contribution in [1.29, 1.82) is 0 Å². The Labute approximate surface area is 135 Å². The summed E-state index contributed by atoms with van der Waals surface area (Å²) in [5.41, 5.74) is -2.29. The second-order valence-electron chi connectivity index (χ2n) is 5.04. The van der Waals surface area contributed by atoms with E-state index < -0.39 is 22.4 Å². The van der Waals surface area contributed by atoms with Gasteiger partial charge in [0.05, 0.1) is 27.2 Å². The highest BCUT2D eigenvalue weighted by molar-refractivity contribution is 9.10. The molecule has 2 aromatic heterocycles. The van der Waals surface area contributed by atoms with Gasteiger partial charge in [-0.3, -0.25) is 9.59 Å². The fraction of sp³-hybridized carbons (Fsp3) is 0. The topological polar surface area (TPSA) is 86.3 Å². The van der Waals surface area contributed by atoms with Crippen LogP contribution in [0.3, 0.4) is 0 Å². The SMILES string of the molecule is O=c1oc(=O)c2cc3c(=O)n(-c4ccc(Br)cc4)c(=O)c3cc12. The van der Waals surface area contributed by atoms with E-state index in [-0.39, 0.29) is 21.5 Å². The molecule has 0 bridgehead atoms. The van der Waals surface area contributed by atoms with Crippen molar-refractivity contribution in [3.8, 4) is 5.69 Å². The molecule has 0 radical (unpaired) electrons. The second-order valence-corrected chi connectivity index (χ2v) is 5.96. The highest BCUT2D eigenvalue weighted by Gasteiger charge is 2.18. The normalized spacial score (nSPS) is 11.5. The van der Waals surface area contributed by atoms with Crippen molar-refractivity contribution < 1.29 is 4.42 Å². The lowest BCUT2D eigenvalue weighted by molar-refractivity contribution is 0.500. The highest BCUT2D eigenvalue weighted by atomic mass is 79.9. The molecule has 0 amide bonds. The summed E-state index contributed by atoms with van der Waals surface area (Å²) in [6.07, 6.45) is 0. The van der Waals surface area contributed by atoms with Crippen LogP contribution in [0.2, 0.25) is 0 Å². The zero-order chi connectivity index (χ0) is 16.3. The van der Waals surface area contributed by atoms with Gasteiger partial charge < -0.3 is 4.42 Å². The minimum absolute atomic E-state index is 0.00700. The van der Waals surface area contributed by atoms with E-state index in [0.29, 0.717) is 5.69 Å². The first-order chi connectivity index (χ1) is 11.0. The second kappa shape index (κ2) is 4.60. The van der Waals surface area contributed by atoms with Crippen LogP contribution in [0.5, 0.6) is 0 Å². The Kier molecular flexibility index (Phi) is 2.76. The summed E-state index contributed by atoms with van der Waals surface area (Å²) in [6.45, 7) is 0. The quantitative estimate of drug-likeness (QED) is 0.505. The Balaban J connectivity index is 2.18. The van der Waals surface area contributed by atoms with Gasteiger partial charge in [-0.05, 0) is 36.4 Å². The third kappa shape index (κ3) is 1.86. The molecule has 0 unspecified atom stereocenters. The van der Waals surface area contributed by atoms with Crippen molar-refractivity contribution >= 4 is 37.5 Å². The van der Waals surface area contributed by atoms with Crippen LogP contribution in [-0.4, -0.2) is 4.57 Å². The van der Waals surface area contributed by atoms with Crippen molar-refractivity contribution in [3.63, 3.8) is 0 Å². The monoisotopic (exact) mass is 371 g/mol. The molecule has 2 aromatic carbocycles. The van der Waals surface area contributed by atoms with E-state index in [9.17, 15) is 19.2 Å². The molecule has 0 aliphatic carbocycles. The van der Waals surface area contributed by atoms with Crippen LogP contribution < -0.4 is 22.4 Å².